The van der Waals surface area contributed by atoms with E-state index in [9.17, 15) is 9.59 Å². The highest BCUT2D eigenvalue weighted by Gasteiger charge is 2.26. The lowest BCUT2D eigenvalue weighted by Gasteiger charge is -2.30. The number of amides is 2. The molecular weight excluding hydrogens is 387 g/mol. The van der Waals surface area contributed by atoms with Crippen LogP contribution in [-0.2, 0) is 11.4 Å². The topological polar surface area (TPSA) is 72.6 Å². The van der Waals surface area contributed by atoms with E-state index < -0.39 is 0 Å². The van der Waals surface area contributed by atoms with Crippen LogP contribution in [0.25, 0.3) is 0 Å². The number of rotatable bonds is 5. The second-order valence-corrected chi connectivity index (χ2v) is 7.35. The number of halogens is 2. The van der Waals surface area contributed by atoms with Crippen LogP contribution in [0.3, 0.4) is 0 Å². The molecule has 2 amide bonds. The number of hydrogen-bond donors (Lipinski definition) is 1. The molecule has 0 bridgehead atoms. The third-order valence-corrected chi connectivity index (χ3v) is 5.39. The third-order valence-electron chi connectivity index (χ3n) is 4.66. The van der Waals surface area contributed by atoms with E-state index in [1.165, 1.54) is 0 Å². The number of piperidine rings is 1. The van der Waals surface area contributed by atoms with Crippen molar-refractivity contribution in [3.8, 4) is 5.75 Å². The zero-order chi connectivity index (χ0) is 19.4. The van der Waals surface area contributed by atoms with E-state index in [0.717, 1.165) is 5.56 Å². The Morgan fingerprint density at radius 3 is 2.48 bits per heavy atom. The molecule has 5 nitrogen and oxygen atoms in total. The Labute approximate surface area is 168 Å². The Balaban J connectivity index is 1.62. The molecule has 2 N–H and O–H groups in total. The molecule has 1 saturated heterocycles. The molecule has 1 aliphatic heterocycles. The van der Waals surface area contributed by atoms with E-state index in [1.807, 2.05) is 6.07 Å². The van der Waals surface area contributed by atoms with Gasteiger partial charge in [-0.2, -0.15) is 0 Å². The van der Waals surface area contributed by atoms with Crippen molar-refractivity contribution in [2.45, 2.75) is 19.4 Å². The van der Waals surface area contributed by atoms with Crippen LogP contribution in [0.2, 0.25) is 10.0 Å². The standard InChI is InChI=1S/C20H20Cl2N2O3/c21-17-5-4-13(10-18(17)22)12-27-16-3-1-2-15(11-16)20(26)24-8-6-14(7-9-24)19(23)25/h1-5,10-11,14H,6-9,12H2,(H2,23,25). The van der Waals surface area contributed by atoms with Crippen LogP contribution in [0.5, 0.6) is 5.75 Å². The first-order valence-corrected chi connectivity index (χ1v) is 9.45. The van der Waals surface area contributed by atoms with E-state index in [4.69, 9.17) is 33.7 Å². The number of likely N-dealkylation sites (tertiary alicyclic amines) is 1. The highest BCUT2D eigenvalue weighted by molar-refractivity contribution is 6.42. The Morgan fingerprint density at radius 2 is 1.81 bits per heavy atom. The van der Waals surface area contributed by atoms with Crippen molar-refractivity contribution in [2.24, 2.45) is 11.7 Å². The molecule has 27 heavy (non-hydrogen) atoms. The molecule has 0 atom stereocenters. The SMILES string of the molecule is NC(=O)C1CCN(C(=O)c2cccc(OCc3ccc(Cl)c(Cl)c3)c2)CC1. The maximum Gasteiger partial charge on any atom is 0.253 e. The molecule has 2 aromatic rings. The van der Waals surface area contributed by atoms with Crippen molar-refractivity contribution in [2.75, 3.05) is 13.1 Å². The van der Waals surface area contributed by atoms with E-state index in [0.29, 0.717) is 53.9 Å². The maximum atomic E-state index is 12.7. The first kappa shape index (κ1) is 19.5. The Kier molecular flexibility index (Phi) is 6.24. The van der Waals surface area contributed by atoms with E-state index in [2.05, 4.69) is 0 Å². The number of nitrogens with two attached hydrogens (primary N) is 1. The van der Waals surface area contributed by atoms with Gasteiger partial charge in [0.05, 0.1) is 10.0 Å². The van der Waals surface area contributed by atoms with Crippen molar-refractivity contribution < 1.29 is 14.3 Å². The number of carbonyl (C=O) groups excluding carboxylic acids is 2. The van der Waals surface area contributed by atoms with Gasteiger partial charge >= 0.3 is 0 Å². The van der Waals surface area contributed by atoms with Gasteiger partial charge in [0.25, 0.3) is 5.91 Å². The summed E-state index contributed by atoms with van der Waals surface area (Å²) in [5.41, 5.74) is 6.78. The molecule has 1 aliphatic rings. The zero-order valence-electron chi connectivity index (χ0n) is 14.7. The van der Waals surface area contributed by atoms with Crippen molar-refractivity contribution in [1.29, 1.82) is 0 Å². The number of nitrogens with zero attached hydrogens (tertiary/aromatic N) is 1. The first-order chi connectivity index (χ1) is 12.9. The molecule has 3 rings (SSSR count). The van der Waals surface area contributed by atoms with Crippen LogP contribution in [0, 0.1) is 5.92 Å². The molecule has 2 aromatic carbocycles. The molecule has 0 unspecified atom stereocenters. The molecule has 0 radical (unpaired) electrons. The molecule has 142 valence electrons. The minimum atomic E-state index is -0.292. The molecule has 0 aliphatic carbocycles. The number of primary amides is 1. The van der Waals surface area contributed by atoms with Crippen molar-refractivity contribution in [3.05, 3.63) is 63.6 Å². The summed E-state index contributed by atoms with van der Waals surface area (Å²) in [4.78, 5) is 25.7. The Bertz CT molecular complexity index is 849. The van der Waals surface area contributed by atoms with Crippen LogP contribution in [0.15, 0.2) is 42.5 Å². The molecule has 0 spiro atoms. The molecule has 1 heterocycles. The van der Waals surface area contributed by atoms with Crippen LogP contribution < -0.4 is 10.5 Å². The summed E-state index contributed by atoms with van der Waals surface area (Å²) in [7, 11) is 0. The minimum absolute atomic E-state index is 0.0714. The van der Waals surface area contributed by atoms with Gasteiger partial charge in [0, 0.05) is 24.6 Å². The highest BCUT2D eigenvalue weighted by atomic mass is 35.5. The predicted octanol–water partition coefficient (Wildman–Crippen LogP) is 3.91. The van der Waals surface area contributed by atoms with Gasteiger partial charge in [-0.3, -0.25) is 9.59 Å². The van der Waals surface area contributed by atoms with Gasteiger partial charge in [0.2, 0.25) is 5.91 Å². The predicted molar refractivity (Wildman–Crippen MR) is 105 cm³/mol. The van der Waals surface area contributed by atoms with Gasteiger partial charge in [-0.25, -0.2) is 0 Å². The molecule has 0 saturated carbocycles. The lowest BCUT2D eigenvalue weighted by atomic mass is 9.96. The van der Waals surface area contributed by atoms with E-state index in [1.54, 1.807) is 41.3 Å². The Morgan fingerprint density at radius 1 is 1.07 bits per heavy atom. The second kappa shape index (κ2) is 8.63. The summed E-state index contributed by atoms with van der Waals surface area (Å²) >= 11 is 11.9. The summed E-state index contributed by atoms with van der Waals surface area (Å²) < 4.78 is 5.78. The summed E-state index contributed by atoms with van der Waals surface area (Å²) in [6, 6.07) is 12.4. The average Bonchev–Trinajstić information content (AvgIpc) is 2.68. The maximum absolute atomic E-state index is 12.7. The summed E-state index contributed by atoms with van der Waals surface area (Å²) in [6.45, 7) is 1.38. The van der Waals surface area contributed by atoms with Crippen molar-refractivity contribution in [3.63, 3.8) is 0 Å². The molecule has 1 fully saturated rings. The summed E-state index contributed by atoms with van der Waals surface area (Å²) in [5.74, 6) is 0.0894. The zero-order valence-corrected chi connectivity index (χ0v) is 16.2. The van der Waals surface area contributed by atoms with Gasteiger partial charge < -0.3 is 15.4 Å². The van der Waals surface area contributed by atoms with Gasteiger partial charge in [-0.1, -0.05) is 35.3 Å². The van der Waals surface area contributed by atoms with Crippen molar-refractivity contribution in [1.82, 2.24) is 4.90 Å². The summed E-state index contributed by atoms with van der Waals surface area (Å²) in [5, 5.41) is 0.967. The third kappa shape index (κ3) is 4.93. The van der Waals surface area contributed by atoms with Gasteiger partial charge in [0.1, 0.15) is 12.4 Å². The van der Waals surface area contributed by atoms with Crippen LogP contribution in [0.4, 0.5) is 0 Å². The van der Waals surface area contributed by atoms with Gasteiger partial charge in [-0.15, -0.1) is 0 Å². The molecule has 0 aromatic heterocycles. The fourth-order valence-corrected chi connectivity index (χ4v) is 3.39. The lowest BCUT2D eigenvalue weighted by molar-refractivity contribution is -0.123. The van der Waals surface area contributed by atoms with Crippen LogP contribution in [-0.4, -0.2) is 29.8 Å². The average molecular weight is 407 g/mol. The number of benzene rings is 2. The van der Waals surface area contributed by atoms with Crippen LogP contribution >= 0.6 is 23.2 Å². The normalized spacial score (nSPS) is 14.8. The fraction of sp³-hybridized carbons (Fsp3) is 0.300. The highest BCUT2D eigenvalue weighted by Crippen LogP contribution is 2.24. The fourth-order valence-electron chi connectivity index (χ4n) is 3.06. The lowest BCUT2D eigenvalue weighted by Crippen LogP contribution is -2.41. The van der Waals surface area contributed by atoms with E-state index >= 15 is 0 Å². The minimum Gasteiger partial charge on any atom is -0.489 e. The van der Waals surface area contributed by atoms with Crippen LogP contribution in [0.1, 0.15) is 28.8 Å². The quantitative estimate of drug-likeness (QED) is 0.817. The number of carbonyl (C=O) groups is 2. The monoisotopic (exact) mass is 406 g/mol. The molecular formula is C20H20Cl2N2O3. The smallest absolute Gasteiger partial charge is 0.253 e. The van der Waals surface area contributed by atoms with Gasteiger partial charge in [-0.05, 0) is 48.7 Å². The molecule has 7 heteroatoms. The first-order valence-electron chi connectivity index (χ1n) is 8.69. The van der Waals surface area contributed by atoms with E-state index in [-0.39, 0.29) is 17.7 Å². The van der Waals surface area contributed by atoms with Gasteiger partial charge in [0.15, 0.2) is 0 Å². The van der Waals surface area contributed by atoms with Crippen molar-refractivity contribution >= 4 is 35.0 Å². The number of hydrogen-bond acceptors (Lipinski definition) is 3. The summed E-state index contributed by atoms with van der Waals surface area (Å²) in [6.07, 6.45) is 1.21. The second-order valence-electron chi connectivity index (χ2n) is 6.53. The largest absolute Gasteiger partial charge is 0.489 e. The number of ether oxygens (including phenoxy) is 1. The Hall–Kier alpha value is -2.24.